The van der Waals surface area contributed by atoms with Crippen molar-refractivity contribution >= 4 is 11.8 Å². The van der Waals surface area contributed by atoms with Crippen molar-refractivity contribution in [1.29, 1.82) is 0 Å². The molecule has 3 aromatic rings. The van der Waals surface area contributed by atoms with Crippen molar-refractivity contribution in [1.82, 2.24) is 0 Å². The van der Waals surface area contributed by atoms with E-state index in [1.165, 1.54) is 11.1 Å². The Hall–Kier alpha value is -2.80. The number of anilines is 1. The molecule has 1 N–H and O–H groups in total. The third-order valence-corrected chi connectivity index (χ3v) is 3.54. The van der Waals surface area contributed by atoms with Gasteiger partial charge in [0.15, 0.2) is 0 Å². The van der Waals surface area contributed by atoms with E-state index in [2.05, 4.69) is 78.1 Å². The highest BCUT2D eigenvalue weighted by molar-refractivity contribution is 5.54. The molecule has 1 heteroatoms. The zero-order valence-corrected chi connectivity index (χ0v) is 12.4. The minimum absolute atomic E-state index is 0.142. The average molecular weight is 285 g/mol. The van der Waals surface area contributed by atoms with Crippen molar-refractivity contribution in [2.45, 2.75) is 6.04 Å². The fourth-order valence-electron chi connectivity index (χ4n) is 2.39. The zero-order valence-electron chi connectivity index (χ0n) is 12.4. The van der Waals surface area contributed by atoms with Crippen LogP contribution in [0.3, 0.4) is 0 Å². The summed E-state index contributed by atoms with van der Waals surface area (Å²) in [5, 5.41) is 3.58. The fraction of sp³-hybridized carbons (Fsp3) is 0.0476. The van der Waals surface area contributed by atoms with Gasteiger partial charge in [-0.2, -0.15) is 0 Å². The third-order valence-electron chi connectivity index (χ3n) is 3.54. The number of hydrogen-bond acceptors (Lipinski definition) is 1. The van der Waals surface area contributed by atoms with E-state index in [1.807, 2.05) is 30.3 Å². The quantitative estimate of drug-likeness (QED) is 0.647. The van der Waals surface area contributed by atoms with E-state index in [1.54, 1.807) is 0 Å². The molecule has 0 bridgehead atoms. The van der Waals surface area contributed by atoms with Crippen LogP contribution in [0, 0.1) is 0 Å². The molecule has 0 heterocycles. The van der Waals surface area contributed by atoms with E-state index >= 15 is 0 Å². The lowest BCUT2D eigenvalue weighted by atomic mass is 10.0. The predicted octanol–water partition coefficient (Wildman–Crippen LogP) is 5.55. The van der Waals surface area contributed by atoms with Crippen LogP contribution in [-0.4, -0.2) is 0 Å². The summed E-state index contributed by atoms with van der Waals surface area (Å²) in [4.78, 5) is 0. The summed E-state index contributed by atoms with van der Waals surface area (Å²) in [5.74, 6) is 0. The van der Waals surface area contributed by atoms with Crippen molar-refractivity contribution in [3.05, 3.63) is 108 Å². The largest absolute Gasteiger partial charge is 0.375 e. The van der Waals surface area contributed by atoms with Gasteiger partial charge in [-0.1, -0.05) is 91.0 Å². The zero-order chi connectivity index (χ0) is 15.0. The molecule has 3 rings (SSSR count). The van der Waals surface area contributed by atoms with Gasteiger partial charge >= 0.3 is 0 Å². The van der Waals surface area contributed by atoms with Crippen LogP contribution in [-0.2, 0) is 0 Å². The molecule has 0 saturated carbocycles. The summed E-state index contributed by atoms with van der Waals surface area (Å²) in [6.45, 7) is 0. The molecular formula is C21H19N. The lowest BCUT2D eigenvalue weighted by Gasteiger charge is -2.17. The third kappa shape index (κ3) is 3.86. The van der Waals surface area contributed by atoms with E-state index in [-0.39, 0.29) is 6.04 Å². The molecule has 0 aromatic heterocycles. The van der Waals surface area contributed by atoms with Crippen LogP contribution in [0.2, 0.25) is 0 Å². The van der Waals surface area contributed by atoms with Gasteiger partial charge < -0.3 is 5.32 Å². The molecule has 0 unspecified atom stereocenters. The molecule has 0 spiro atoms. The molecule has 0 aliphatic heterocycles. The van der Waals surface area contributed by atoms with Gasteiger partial charge in [-0.3, -0.25) is 0 Å². The average Bonchev–Trinajstić information content (AvgIpc) is 2.61. The number of benzene rings is 3. The molecule has 0 saturated heterocycles. The number of para-hydroxylation sites is 1. The molecule has 108 valence electrons. The highest BCUT2D eigenvalue weighted by Gasteiger charge is 2.06. The lowest BCUT2D eigenvalue weighted by Crippen LogP contribution is -2.07. The van der Waals surface area contributed by atoms with Crippen molar-refractivity contribution in [2.24, 2.45) is 0 Å². The van der Waals surface area contributed by atoms with Gasteiger partial charge in [0.1, 0.15) is 0 Å². The Bertz CT molecular complexity index is 703. The smallest absolute Gasteiger partial charge is 0.0701 e. The summed E-state index contributed by atoms with van der Waals surface area (Å²) >= 11 is 0. The topological polar surface area (TPSA) is 12.0 Å². The molecule has 0 fully saturated rings. The highest BCUT2D eigenvalue weighted by Crippen LogP contribution is 2.21. The maximum atomic E-state index is 3.58. The number of nitrogens with one attached hydrogen (secondary N) is 1. The van der Waals surface area contributed by atoms with Gasteiger partial charge in [0, 0.05) is 5.69 Å². The van der Waals surface area contributed by atoms with Gasteiger partial charge in [-0.25, -0.2) is 0 Å². The Kier molecular flexibility index (Phi) is 4.68. The Labute approximate surface area is 132 Å². The first kappa shape index (κ1) is 14.2. The van der Waals surface area contributed by atoms with E-state index < -0.39 is 0 Å². The van der Waals surface area contributed by atoms with Gasteiger partial charge in [0.05, 0.1) is 6.04 Å². The molecule has 22 heavy (non-hydrogen) atoms. The standard InChI is InChI=1S/C21H19N/c1-4-10-18(11-5-1)16-17-21(19-12-6-2-7-13-19)22-20-14-8-3-9-15-20/h1-17,21-22H/b17-16+/t21-/m1/s1. The van der Waals surface area contributed by atoms with Crippen LogP contribution in [0.4, 0.5) is 5.69 Å². The first-order valence-electron chi connectivity index (χ1n) is 7.51. The Morgan fingerprint density at radius 3 is 1.82 bits per heavy atom. The normalized spacial score (nSPS) is 12.2. The Morgan fingerprint density at radius 1 is 0.636 bits per heavy atom. The minimum Gasteiger partial charge on any atom is -0.375 e. The van der Waals surface area contributed by atoms with Crippen molar-refractivity contribution < 1.29 is 0 Å². The molecule has 1 atom stereocenters. The summed E-state index contributed by atoms with van der Waals surface area (Å²) in [5.41, 5.74) is 3.57. The summed E-state index contributed by atoms with van der Waals surface area (Å²) in [6, 6.07) is 31.3. The fourth-order valence-corrected chi connectivity index (χ4v) is 2.39. The van der Waals surface area contributed by atoms with Crippen LogP contribution in [0.15, 0.2) is 97.1 Å². The molecule has 0 amide bonds. The first-order valence-corrected chi connectivity index (χ1v) is 7.51. The van der Waals surface area contributed by atoms with Gasteiger partial charge in [0.25, 0.3) is 0 Å². The van der Waals surface area contributed by atoms with E-state index in [0.717, 1.165) is 5.69 Å². The molecule has 3 aromatic carbocycles. The first-order chi connectivity index (χ1) is 10.9. The summed E-state index contributed by atoms with van der Waals surface area (Å²) in [7, 11) is 0. The highest BCUT2D eigenvalue weighted by atomic mass is 14.9. The van der Waals surface area contributed by atoms with Gasteiger partial charge in [-0.15, -0.1) is 0 Å². The van der Waals surface area contributed by atoms with Crippen LogP contribution < -0.4 is 5.32 Å². The van der Waals surface area contributed by atoms with Crippen LogP contribution in [0.25, 0.3) is 6.08 Å². The molecule has 0 aliphatic carbocycles. The monoisotopic (exact) mass is 285 g/mol. The van der Waals surface area contributed by atoms with Crippen molar-refractivity contribution in [2.75, 3.05) is 5.32 Å². The van der Waals surface area contributed by atoms with E-state index in [9.17, 15) is 0 Å². The molecular weight excluding hydrogens is 266 g/mol. The number of hydrogen-bond donors (Lipinski definition) is 1. The minimum atomic E-state index is 0.142. The van der Waals surface area contributed by atoms with Crippen LogP contribution in [0.1, 0.15) is 17.2 Å². The molecule has 0 radical (unpaired) electrons. The van der Waals surface area contributed by atoms with E-state index in [0.29, 0.717) is 0 Å². The van der Waals surface area contributed by atoms with Crippen LogP contribution >= 0.6 is 0 Å². The Morgan fingerprint density at radius 2 is 1.18 bits per heavy atom. The molecule has 1 nitrogen and oxygen atoms in total. The van der Waals surface area contributed by atoms with Crippen LogP contribution in [0.5, 0.6) is 0 Å². The van der Waals surface area contributed by atoms with Gasteiger partial charge in [-0.05, 0) is 23.3 Å². The van der Waals surface area contributed by atoms with Crippen molar-refractivity contribution in [3.8, 4) is 0 Å². The second kappa shape index (κ2) is 7.28. The lowest BCUT2D eigenvalue weighted by molar-refractivity contribution is 0.990. The van der Waals surface area contributed by atoms with Crippen molar-refractivity contribution in [3.63, 3.8) is 0 Å². The maximum Gasteiger partial charge on any atom is 0.0701 e. The summed E-state index contributed by atoms with van der Waals surface area (Å²) < 4.78 is 0. The number of rotatable bonds is 5. The second-order valence-electron chi connectivity index (χ2n) is 5.17. The predicted molar refractivity (Wildman–Crippen MR) is 94.7 cm³/mol. The Balaban J connectivity index is 1.85. The molecule has 0 aliphatic rings. The summed E-state index contributed by atoms with van der Waals surface area (Å²) in [6.07, 6.45) is 4.37. The second-order valence-corrected chi connectivity index (χ2v) is 5.17. The SMILES string of the molecule is C(=C\[C@@H](Nc1ccccc1)c1ccccc1)/c1ccccc1. The maximum absolute atomic E-state index is 3.58. The van der Waals surface area contributed by atoms with Gasteiger partial charge in [0.2, 0.25) is 0 Å². The van der Waals surface area contributed by atoms with E-state index in [4.69, 9.17) is 0 Å².